The van der Waals surface area contributed by atoms with E-state index in [0.29, 0.717) is 15.8 Å². The molecule has 0 amide bonds. The molecule has 1 unspecified atom stereocenters. The summed E-state index contributed by atoms with van der Waals surface area (Å²) in [7, 11) is 0. The van der Waals surface area contributed by atoms with Crippen molar-refractivity contribution in [3.63, 3.8) is 0 Å². The van der Waals surface area contributed by atoms with Gasteiger partial charge in [0, 0.05) is 40.9 Å². The number of hydrogen-bond donors (Lipinski definition) is 1. The molecule has 2 aromatic carbocycles. The number of aliphatic imine (C=N–C) groups is 1. The molecule has 3 atom stereocenters. The molecule has 0 fully saturated rings. The van der Waals surface area contributed by atoms with Crippen LogP contribution in [0.2, 0.25) is 10.0 Å². The van der Waals surface area contributed by atoms with E-state index in [9.17, 15) is 9.90 Å². The van der Waals surface area contributed by atoms with Crippen LogP contribution in [0.1, 0.15) is 38.7 Å². The molecule has 1 N–H and O–H groups in total. The number of thioether (sulfide) groups is 1. The summed E-state index contributed by atoms with van der Waals surface area (Å²) in [4.78, 5) is 20.8. The number of carbonyl (C=O) groups is 1. The lowest BCUT2D eigenvalue weighted by atomic mass is 9.72. The molecule has 4 nitrogen and oxygen atoms in total. The van der Waals surface area contributed by atoms with Gasteiger partial charge in [0.1, 0.15) is 0 Å². The molecule has 31 heavy (non-hydrogen) atoms. The Balaban J connectivity index is 1.77. The molecule has 0 aromatic heterocycles. The maximum absolute atomic E-state index is 12.8. The Morgan fingerprint density at radius 1 is 1.29 bits per heavy atom. The molecule has 3 aliphatic rings. The van der Waals surface area contributed by atoms with Gasteiger partial charge in [-0.3, -0.25) is 4.99 Å². The van der Waals surface area contributed by atoms with Crippen LogP contribution in [-0.2, 0) is 4.79 Å². The summed E-state index contributed by atoms with van der Waals surface area (Å²) in [5.74, 6) is -0.194. The van der Waals surface area contributed by atoms with E-state index < -0.39 is 16.9 Å². The van der Waals surface area contributed by atoms with Crippen LogP contribution in [0.25, 0.3) is 11.1 Å². The average Bonchev–Trinajstić information content (AvgIpc) is 3.05. The summed E-state index contributed by atoms with van der Waals surface area (Å²) in [5, 5.41) is 11.6. The number of halogens is 2. The quantitative estimate of drug-likeness (QED) is 0.548. The van der Waals surface area contributed by atoms with Crippen molar-refractivity contribution in [2.45, 2.75) is 49.6 Å². The molecule has 0 aliphatic carbocycles. The molecule has 162 valence electrons. The normalized spacial score (nSPS) is 26.5. The molecule has 0 saturated carbocycles. The second-order valence-corrected chi connectivity index (χ2v) is 11.3. The maximum Gasteiger partial charge on any atom is 0.330 e. The van der Waals surface area contributed by atoms with Crippen molar-refractivity contribution in [2.75, 3.05) is 17.2 Å². The molecule has 0 radical (unpaired) electrons. The van der Waals surface area contributed by atoms with E-state index in [0.717, 1.165) is 40.2 Å². The first kappa shape index (κ1) is 21.2. The molecule has 3 heterocycles. The lowest BCUT2D eigenvalue weighted by Crippen LogP contribution is -2.68. The fourth-order valence-corrected chi connectivity index (χ4v) is 7.37. The number of carboxylic acid groups (broad SMARTS) is 1. The average molecular weight is 475 g/mol. The maximum atomic E-state index is 12.8. The summed E-state index contributed by atoms with van der Waals surface area (Å²) in [6.07, 6.45) is 2.86. The summed E-state index contributed by atoms with van der Waals surface area (Å²) in [6.45, 7) is 6.84. The molecule has 7 heteroatoms. The number of aliphatic carboxylic acids is 1. The summed E-state index contributed by atoms with van der Waals surface area (Å²) < 4.78 is 0. The molecule has 2 aromatic rings. The predicted octanol–water partition coefficient (Wildman–Crippen LogP) is 6.38. The number of rotatable bonds is 2. The predicted molar refractivity (Wildman–Crippen MR) is 129 cm³/mol. The van der Waals surface area contributed by atoms with E-state index in [1.165, 1.54) is 0 Å². The molecular formula is C24H24Cl2N2O2S. The highest BCUT2D eigenvalue weighted by Gasteiger charge is 2.61. The van der Waals surface area contributed by atoms with Gasteiger partial charge >= 0.3 is 5.97 Å². The zero-order chi connectivity index (χ0) is 22.1. The highest BCUT2D eigenvalue weighted by molar-refractivity contribution is 7.99. The molecular weight excluding hydrogens is 451 g/mol. The Hall–Kier alpha value is -1.69. The van der Waals surface area contributed by atoms with Crippen LogP contribution < -0.4 is 4.90 Å². The molecule has 5 rings (SSSR count). The summed E-state index contributed by atoms with van der Waals surface area (Å²) in [6, 6.07) is 10.1. The van der Waals surface area contributed by atoms with Crippen molar-refractivity contribution in [3.8, 4) is 11.1 Å². The van der Waals surface area contributed by atoms with Crippen molar-refractivity contribution in [2.24, 2.45) is 10.4 Å². The van der Waals surface area contributed by atoms with Crippen molar-refractivity contribution in [1.82, 2.24) is 0 Å². The first-order chi connectivity index (χ1) is 14.7. The summed E-state index contributed by atoms with van der Waals surface area (Å²) in [5.41, 5.74) is 2.66. The minimum Gasteiger partial charge on any atom is -0.479 e. The van der Waals surface area contributed by atoms with Crippen LogP contribution >= 0.6 is 35.0 Å². The van der Waals surface area contributed by atoms with Gasteiger partial charge in [-0.15, -0.1) is 11.8 Å². The van der Waals surface area contributed by atoms with Crippen LogP contribution in [0.4, 0.5) is 5.69 Å². The van der Waals surface area contributed by atoms with E-state index in [1.54, 1.807) is 17.8 Å². The zero-order valence-electron chi connectivity index (χ0n) is 17.7. The SMILES string of the molecule is CC(C)(C)C1(C(=O)O)CSc2cc(-c3cccc(Cl)c3Cl)cc3c2N1[C@H]1CCN=C[C@H]31. The molecule has 0 bridgehead atoms. The van der Waals surface area contributed by atoms with Gasteiger partial charge < -0.3 is 10.0 Å². The molecule has 3 aliphatic heterocycles. The van der Waals surface area contributed by atoms with Gasteiger partial charge in [0.25, 0.3) is 0 Å². The number of hydrogen-bond acceptors (Lipinski definition) is 4. The van der Waals surface area contributed by atoms with Gasteiger partial charge in [-0.1, -0.05) is 56.1 Å². The lowest BCUT2D eigenvalue weighted by molar-refractivity contribution is -0.147. The minimum absolute atomic E-state index is 0.0696. The Kier molecular flexibility index (Phi) is 4.89. The number of nitrogens with zero attached hydrogens (tertiary/aromatic N) is 2. The highest BCUT2D eigenvalue weighted by Crippen LogP contribution is 2.59. The number of anilines is 1. The van der Waals surface area contributed by atoms with Crippen molar-refractivity contribution in [1.29, 1.82) is 0 Å². The smallest absolute Gasteiger partial charge is 0.330 e. The number of benzene rings is 2. The first-order valence-corrected chi connectivity index (χ1v) is 12.2. The van der Waals surface area contributed by atoms with Crippen LogP contribution in [0.5, 0.6) is 0 Å². The van der Waals surface area contributed by atoms with Gasteiger partial charge in [-0.2, -0.15) is 0 Å². The zero-order valence-corrected chi connectivity index (χ0v) is 20.0. The second kappa shape index (κ2) is 7.16. The standard InChI is InChI=1S/C24H24Cl2N2O2S/c1-23(2,3)24(22(29)30)12-31-19-10-13(14-5-4-6-17(25)20(14)26)9-15-16-11-27-8-7-18(16)28(24)21(15)19/h4-6,9-11,16,18H,7-8,12H2,1-3H3,(H,29,30)/t16-,18+,24?/m1/s1. The van der Waals surface area contributed by atoms with Gasteiger partial charge in [-0.25, -0.2) is 4.79 Å². The lowest BCUT2D eigenvalue weighted by Gasteiger charge is -2.54. The van der Waals surface area contributed by atoms with Crippen molar-refractivity contribution in [3.05, 3.63) is 45.9 Å². The van der Waals surface area contributed by atoms with E-state index >= 15 is 0 Å². The monoisotopic (exact) mass is 474 g/mol. The van der Waals surface area contributed by atoms with Crippen LogP contribution in [-0.4, -0.2) is 41.2 Å². The van der Waals surface area contributed by atoms with Gasteiger partial charge in [0.2, 0.25) is 0 Å². The van der Waals surface area contributed by atoms with Crippen molar-refractivity contribution >= 4 is 52.8 Å². The second-order valence-electron chi connectivity index (χ2n) is 9.52. The largest absolute Gasteiger partial charge is 0.479 e. The van der Waals surface area contributed by atoms with Crippen molar-refractivity contribution < 1.29 is 9.90 Å². The third-order valence-corrected chi connectivity index (χ3v) is 8.98. The highest BCUT2D eigenvalue weighted by atomic mass is 35.5. The van der Waals surface area contributed by atoms with Gasteiger partial charge in [0.05, 0.1) is 15.7 Å². The fraction of sp³-hybridized carbons (Fsp3) is 0.417. The van der Waals surface area contributed by atoms with Gasteiger partial charge in [0.15, 0.2) is 5.54 Å². The Labute approximate surface area is 196 Å². The van der Waals surface area contributed by atoms with E-state index in [4.69, 9.17) is 23.2 Å². The summed E-state index contributed by atoms with van der Waals surface area (Å²) >= 11 is 14.5. The van der Waals surface area contributed by atoms with Crippen LogP contribution in [0.3, 0.4) is 0 Å². The van der Waals surface area contributed by atoms with E-state index in [1.807, 2.05) is 39.1 Å². The van der Waals surface area contributed by atoms with Crippen LogP contribution in [0.15, 0.2) is 40.2 Å². The minimum atomic E-state index is -0.987. The van der Waals surface area contributed by atoms with E-state index in [-0.39, 0.29) is 12.0 Å². The van der Waals surface area contributed by atoms with E-state index in [2.05, 4.69) is 22.0 Å². The molecule has 0 saturated heterocycles. The first-order valence-electron chi connectivity index (χ1n) is 10.4. The third kappa shape index (κ3) is 2.89. The van der Waals surface area contributed by atoms with Gasteiger partial charge in [-0.05, 0) is 41.2 Å². The topological polar surface area (TPSA) is 52.9 Å². The Morgan fingerprint density at radius 3 is 2.77 bits per heavy atom. The molecule has 0 spiro atoms. The third-order valence-electron chi connectivity index (χ3n) is 6.98. The number of fused-ring (bicyclic) bond motifs is 3. The fourth-order valence-electron chi connectivity index (χ4n) is 5.34. The Bertz CT molecular complexity index is 1130. The Morgan fingerprint density at radius 2 is 2.06 bits per heavy atom. The van der Waals surface area contributed by atoms with Crippen LogP contribution in [0, 0.1) is 5.41 Å². The number of carboxylic acids is 1.